The number of esters is 3. The van der Waals surface area contributed by atoms with Gasteiger partial charge in [-0.25, -0.2) is 28.1 Å². The highest BCUT2D eigenvalue weighted by Gasteiger charge is 2.45. The largest absolute Gasteiger partial charge is 0.465 e. The monoisotopic (exact) mass is 717 g/mol. The molecule has 4 aliphatic heterocycles. The average Bonchev–Trinajstić information content (AvgIpc) is 4.05. The van der Waals surface area contributed by atoms with Crippen molar-refractivity contribution in [3.63, 3.8) is 0 Å². The molecule has 5 heterocycles. The van der Waals surface area contributed by atoms with Crippen molar-refractivity contribution in [3.8, 4) is 0 Å². The van der Waals surface area contributed by atoms with E-state index in [9.17, 15) is 28.8 Å². The normalized spacial score (nSPS) is 31.4. The number of hydrogen-bond donors (Lipinski definition) is 0. The third-order valence-corrected chi connectivity index (χ3v) is 11.6. The standard InChI is InChI=1S/C36H51N3O12/c40-31(46-19-22-7-11-26-29(16-22)50-26)4-1-13-37-34(43)38(14-2-5-32(41)47-20-23-8-12-27-30(17-23)51-27)36(45)39(35(37)44)15-3-6-33(42)48-21-24-9-10-25-18-28(24)49-25/h22-30H,1-21H2. The molecule has 7 aliphatic rings. The molecule has 3 aliphatic carbocycles. The summed E-state index contributed by atoms with van der Waals surface area (Å²) in [4.78, 5) is 77.9. The summed E-state index contributed by atoms with van der Waals surface area (Å²) in [6, 6.07) is 0. The van der Waals surface area contributed by atoms with Gasteiger partial charge in [-0.3, -0.25) is 14.4 Å². The summed E-state index contributed by atoms with van der Waals surface area (Å²) in [6.07, 6.45) is 10.8. The first-order valence-electron chi connectivity index (χ1n) is 19.1. The van der Waals surface area contributed by atoms with E-state index >= 15 is 0 Å². The predicted molar refractivity (Wildman–Crippen MR) is 178 cm³/mol. The lowest BCUT2D eigenvalue weighted by Gasteiger charge is -2.46. The van der Waals surface area contributed by atoms with Crippen molar-refractivity contribution in [2.45, 2.75) is 153 Å². The van der Waals surface area contributed by atoms with Gasteiger partial charge in [0, 0.05) is 51.2 Å². The van der Waals surface area contributed by atoms with E-state index in [4.69, 9.17) is 28.4 Å². The van der Waals surface area contributed by atoms with Crippen molar-refractivity contribution in [1.29, 1.82) is 0 Å². The molecule has 3 saturated carbocycles. The van der Waals surface area contributed by atoms with Crippen molar-refractivity contribution in [2.24, 2.45) is 17.8 Å². The second-order valence-corrected chi connectivity index (χ2v) is 15.3. The zero-order valence-corrected chi connectivity index (χ0v) is 29.3. The van der Waals surface area contributed by atoms with Gasteiger partial charge in [0.25, 0.3) is 0 Å². The number of fused-ring (bicyclic) bond motifs is 4. The second-order valence-electron chi connectivity index (χ2n) is 15.3. The van der Waals surface area contributed by atoms with Gasteiger partial charge in [0.2, 0.25) is 0 Å². The van der Waals surface area contributed by atoms with E-state index in [0.717, 1.165) is 71.5 Å². The zero-order chi connectivity index (χ0) is 35.5. The summed E-state index contributed by atoms with van der Waals surface area (Å²) in [5, 5.41) is 0. The molecule has 0 N–H and O–H groups in total. The molecular weight excluding hydrogens is 666 g/mol. The third-order valence-electron chi connectivity index (χ3n) is 11.6. The van der Waals surface area contributed by atoms with Crippen molar-refractivity contribution in [3.05, 3.63) is 31.5 Å². The molecule has 15 heteroatoms. The molecule has 2 bridgehead atoms. The van der Waals surface area contributed by atoms with E-state index in [-0.39, 0.29) is 101 Å². The zero-order valence-electron chi connectivity index (χ0n) is 29.3. The number of carbonyl (C=O) groups excluding carboxylic acids is 3. The first-order valence-corrected chi connectivity index (χ1v) is 19.1. The Morgan fingerprint density at radius 1 is 0.510 bits per heavy atom. The van der Waals surface area contributed by atoms with Gasteiger partial charge in [-0.2, -0.15) is 0 Å². The van der Waals surface area contributed by atoms with Crippen LogP contribution in [-0.2, 0) is 62.4 Å². The molecule has 8 rings (SSSR count). The van der Waals surface area contributed by atoms with Crippen molar-refractivity contribution < 1.29 is 42.8 Å². The Bertz CT molecular complexity index is 1520. The van der Waals surface area contributed by atoms with E-state index in [1.807, 2.05) is 0 Å². The number of epoxide rings is 2. The Hall–Kier alpha value is -3.30. The first kappa shape index (κ1) is 36.1. The lowest BCUT2D eigenvalue weighted by molar-refractivity contribution is -0.196. The van der Waals surface area contributed by atoms with E-state index in [1.54, 1.807) is 0 Å². The molecule has 0 radical (unpaired) electrons. The molecule has 15 nitrogen and oxygen atoms in total. The Morgan fingerprint density at radius 2 is 0.941 bits per heavy atom. The second kappa shape index (κ2) is 16.2. The van der Waals surface area contributed by atoms with E-state index in [2.05, 4.69) is 0 Å². The average molecular weight is 718 g/mol. The number of rotatable bonds is 18. The molecule has 1 aromatic heterocycles. The van der Waals surface area contributed by atoms with Crippen molar-refractivity contribution >= 4 is 17.9 Å². The Morgan fingerprint density at radius 3 is 1.33 bits per heavy atom. The molecule has 282 valence electrons. The van der Waals surface area contributed by atoms with Crippen LogP contribution in [0.3, 0.4) is 0 Å². The van der Waals surface area contributed by atoms with Crippen LogP contribution >= 0.6 is 0 Å². The molecule has 9 atom stereocenters. The lowest BCUT2D eigenvalue weighted by Crippen LogP contribution is -2.54. The summed E-state index contributed by atoms with van der Waals surface area (Å²) < 4.78 is 36.1. The minimum atomic E-state index is -0.808. The van der Waals surface area contributed by atoms with Crippen LogP contribution in [-0.4, -0.2) is 88.1 Å². The highest BCUT2D eigenvalue weighted by molar-refractivity contribution is 5.70. The Labute approximate surface area is 295 Å². The number of hydrogen-bond acceptors (Lipinski definition) is 12. The molecule has 9 unspecified atom stereocenters. The molecule has 0 aromatic carbocycles. The van der Waals surface area contributed by atoms with Crippen molar-refractivity contribution in [2.75, 3.05) is 19.8 Å². The molecule has 0 spiro atoms. The van der Waals surface area contributed by atoms with Crippen LogP contribution < -0.4 is 17.1 Å². The maximum absolute atomic E-state index is 13.5. The fourth-order valence-corrected chi connectivity index (χ4v) is 8.28. The van der Waals surface area contributed by atoms with Crippen LogP contribution in [0.15, 0.2) is 14.4 Å². The topological polar surface area (TPSA) is 179 Å². The fraction of sp³-hybridized carbons (Fsp3) is 0.833. The number of aromatic nitrogens is 3. The molecule has 51 heavy (non-hydrogen) atoms. The summed E-state index contributed by atoms with van der Waals surface area (Å²) >= 11 is 0. The minimum Gasteiger partial charge on any atom is -0.465 e. The van der Waals surface area contributed by atoms with Crippen LogP contribution in [0.2, 0.25) is 0 Å². The SMILES string of the molecule is O=C(CCCn1c(=O)n(CCCC(=O)OCC2CCC3OC3C2)c(=O)n(CCCC(=O)OCC2CCC3CC2O3)c1=O)OCC1CCC2OC2C1. The molecular formula is C36H51N3O12. The molecule has 7 fully saturated rings. The quantitative estimate of drug-likeness (QED) is 0.122. The van der Waals surface area contributed by atoms with Gasteiger partial charge >= 0.3 is 35.0 Å². The minimum absolute atomic E-state index is 0.0000306. The van der Waals surface area contributed by atoms with Gasteiger partial charge in [-0.05, 0) is 82.5 Å². The highest BCUT2D eigenvalue weighted by Crippen LogP contribution is 2.41. The van der Waals surface area contributed by atoms with Gasteiger partial charge in [-0.1, -0.05) is 0 Å². The van der Waals surface area contributed by atoms with Crippen LogP contribution in [0.25, 0.3) is 0 Å². The summed E-state index contributed by atoms with van der Waals surface area (Å²) in [7, 11) is 0. The lowest BCUT2D eigenvalue weighted by atomic mass is 9.80. The number of carbonyl (C=O) groups is 3. The van der Waals surface area contributed by atoms with E-state index < -0.39 is 35.0 Å². The van der Waals surface area contributed by atoms with Crippen LogP contribution in [0.5, 0.6) is 0 Å². The first-order chi connectivity index (χ1) is 24.7. The molecule has 0 amide bonds. The van der Waals surface area contributed by atoms with Gasteiger partial charge in [0.15, 0.2) is 0 Å². The van der Waals surface area contributed by atoms with Crippen LogP contribution in [0, 0.1) is 17.8 Å². The maximum Gasteiger partial charge on any atom is 0.336 e. The van der Waals surface area contributed by atoms with Gasteiger partial charge in [-0.15, -0.1) is 0 Å². The predicted octanol–water partition coefficient (Wildman–Crippen LogP) is 1.84. The Kier molecular flexibility index (Phi) is 11.4. The summed E-state index contributed by atoms with van der Waals surface area (Å²) in [5.41, 5.74) is -2.42. The van der Waals surface area contributed by atoms with E-state index in [0.29, 0.717) is 31.5 Å². The van der Waals surface area contributed by atoms with Crippen LogP contribution in [0.1, 0.15) is 96.3 Å². The fourth-order valence-electron chi connectivity index (χ4n) is 8.28. The Balaban J connectivity index is 0.925. The van der Waals surface area contributed by atoms with Gasteiger partial charge < -0.3 is 28.4 Å². The highest BCUT2D eigenvalue weighted by atomic mass is 16.6. The summed E-state index contributed by atoms with van der Waals surface area (Å²) in [6.45, 7) is 0.616. The summed E-state index contributed by atoms with van der Waals surface area (Å²) in [5.74, 6) is -0.531. The smallest absolute Gasteiger partial charge is 0.336 e. The third kappa shape index (κ3) is 9.20. The van der Waals surface area contributed by atoms with E-state index in [1.165, 1.54) is 0 Å². The van der Waals surface area contributed by atoms with Crippen molar-refractivity contribution in [1.82, 2.24) is 13.7 Å². The van der Waals surface area contributed by atoms with Crippen LogP contribution in [0.4, 0.5) is 0 Å². The number of ether oxygens (including phenoxy) is 6. The van der Waals surface area contributed by atoms with Gasteiger partial charge in [0.05, 0.1) is 56.4 Å². The molecule has 4 saturated heterocycles. The number of nitrogens with zero attached hydrogens (tertiary/aromatic N) is 3. The maximum atomic E-state index is 13.5. The molecule has 1 aromatic rings. The van der Waals surface area contributed by atoms with Gasteiger partial charge in [0.1, 0.15) is 0 Å².